The van der Waals surface area contributed by atoms with E-state index in [9.17, 15) is 8.42 Å². The molecular weight excluding hydrogens is 354 g/mol. The van der Waals surface area contributed by atoms with Gasteiger partial charge in [-0.25, -0.2) is 18.1 Å². The SMILES string of the molecule is COc1ccc(S(=O)(=O)NCCc2cn3c(C)cccc3n2)cc1OC. The van der Waals surface area contributed by atoms with Crippen molar-refractivity contribution in [3.63, 3.8) is 0 Å². The van der Waals surface area contributed by atoms with E-state index in [1.54, 1.807) is 6.07 Å². The van der Waals surface area contributed by atoms with Gasteiger partial charge in [-0.05, 0) is 31.2 Å². The number of imidazole rings is 1. The molecule has 138 valence electrons. The van der Waals surface area contributed by atoms with Crippen LogP contribution in [0.5, 0.6) is 11.5 Å². The van der Waals surface area contributed by atoms with Crippen LogP contribution in [0, 0.1) is 6.92 Å². The van der Waals surface area contributed by atoms with Crippen LogP contribution < -0.4 is 14.2 Å². The number of fused-ring (bicyclic) bond motifs is 1. The number of ether oxygens (including phenoxy) is 2. The molecule has 0 aliphatic rings. The van der Waals surface area contributed by atoms with Crippen LogP contribution in [0.1, 0.15) is 11.4 Å². The van der Waals surface area contributed by atoms with E-state index in [0.29, 0.717) is 17.9 Å². The first-order valence-electron chi connectivity index (χ1n) is 8.10. The van der Waals surface area contributed by atoms with Crippen molar-refractivity contribution < 1.29 is 17.9 Å². The highest BCUT2D eigenvalue weighted by Gasteiger charge is 2.17. The maximum atomic E-state index is 12.5. The number of nitrogens with one attached hydrogen (secondary N) is 1. The van der Waals surface area contributed by atoms with Gasteiger partial charge in [-0.15, -0.1) is 0 Å². The van der Waals surface area contributed by atoms with Gasteiger partial charge in [-0.1, -0.05) is 6.07 Å². The Labute approximate surface area is 152 Å². The van der Waals surface area contributed by atoms with Gasteiger partial charge in [0.2, 0.25) is 10.0 Å². The summed E-state index contributed by atoms with van der Waals surface area (Å²) >= 11 is 0. The summed E-state index contributed by atoms with van der Waals surface area (Å²) in [6, 6.07) is 10.4. The van der Waals surface area contributed by atoms with Gasteiger partial charge in [0, 0.05) is 30.9 Å². The number of aromatic nitrogens is 2. The Morgan fingerprint density at radius 1 is 1.12 bits per heavy atom. The van der Waals surface area contributed by atoms with Crippen molar-refractivity contribution in [2.75, 3.05) is 20.8 Å². The normalized spacial score (nSPS) is 11.7. The quantitative estimate of drug-likeness (QED) is 0.684. The summed E-state index contributed by atoms with van der Waals surface area (Å²) in [6.07, 6.45) is 2.42. The van der Waals surface area contributed by atoms with Crippen LogP contribution in [0.25, 0.3) is 5.65 Å². The molecule has 8 heteroatoms. The monoisotopic (exact) mass is 375 g/mol. The Balaban J connectivity index is 1.70. The topological polar surface area (TPSA) is 81.9 Å². The number of nitrogens with zero attached hydrogens (tertiary/aromatic N) is 2. The van der Waals surface area contributed by atoms with Crippen LogP contribution in [0.15, 0.2) is 47.5 Å². The van der Waals surface area contributed by atoms with E-state index in [1.165, 1.54) is 26.4 Å². The average molecular weight is 375 g/mol. The van der Waals surface area contributed by atoms with Crippen molar-refractivity contribution in [3.8, 4) is 11.5 Å². The molecule has 0 fully saturated rings. The van der Waals surface area contributed by atoms with E-state index >= 15 is 0 Å². The third kappa shape index (κ3) is 3.66. The van der Waals surface area contributed by atoms with Crippen LogP contribution >= 0.6 is 0 Å². The first kappa shape index (κ1) is 18.2. The van der Waals surface area contributed by atoms with Crippen molar-refractivity contribution in [3.05, 3.63) is 54.0 Å². The van der Waals surface area contributed by atoms with Crippen molar-refractivity contribution in [1.82, 2.24) is 14.1 Å². The standard InChI is InChI=1S/C18H21N3O4S/c1-13-5-4-6-18-20-14(12-21(13)18)9-10-19-26(22,23)15-7-8-16(24-2)17(11-15)25-3/h4-8,11-12,19H,9-10H2,1-3H3. The largest absolute Gasteiger partial charge is 0.493 e. The number of hydrogen-bond donors (Lipinski definition) is 1. The number of rotatable bonds is 7. The molecule has 2 heterocycles. The van der Waals surface area contributed by atoms with E-state index in [-0.39, 0.29) is 11.4 Å². The number of pyridine rings is 1. The Hall–Kier alpha value is -2.58. The number of hydrogen-bond acceptors (Lipinski definition) is 5. The van der Waals surface area contributed by atoms with E-state index in [4.69, 9.17) is 9.47 Å². The van der Waals surface area contributed by atoms with Crippen molar-refractivity contribution >= 4 is 15.7 Å². The Morgan fingerprint density at radius 3 is 2.58 bits per heavy atom. The van der Waals surface area contributed by atoms with Gasteiger partial charge < -0.3 is 13.9 Å². The average Bonchev–Trinajstić information content (AvgIpc) is 3.05. The molecule has 0 atom stereocenters. The molecule has 0 saturated heterocycles. The lowest BCUT2D eigenvalue weighted by Crippen LogP contribution is -2.26. The minimum absolute atomic E-state index is 0.126. The van der Waals surface area contributed by atoms with Crippen LogP contribution in [0.3, 0.4) is 0 Å². The van der Waals surface area contributed by atoms with Crippen molar-refractivity contribution in [2.24, 2.45) is 0 Å². The van der Waals surface area contributed by atoms with Crippen molar-refractivity contribution in [1.29, 1.82) is 0 Å². The van der Waals surface area contributed by atoms with Gasteiger partial charge in [-0.2, -0.15) is 0 Å². The van der Waals surface area contributed by atoms with Gasteiger partial charge in [0.15, 0.2) is 11.5 Å². The zero-order valence-electron chi connectivity index (χ0n) is 14.9. The molecular formula is C18H21N3O4S. The maximum Gasteiger partial charge on any atom is 0.240 e. The summed E-state index contributed by atoms with van der Waals surface area (Å²) in [7, 11) is -0.680. The van der Waals surface area contributed by atoms with Gasteiger partial charge in [0.1, 0.15) is 5.65 Å². The molecule has 0 unspecified atom stereocenters. The number of sulfonamides is 1. The van der Waals surface area contributed by atoms with Crippen LogP contribution in [-0.4, -0.2) is 38.6 Å². The third-order valence-corrected chi connectivity index (χ3v) is 5.54. The second-order valence-electron chi connectivity index (χ2n) is 5.79. The van der Waals surface area contributed by atoms with Crippen molar-refractivity contribution in [2.45, 2.75) is 18.2 Å². The molecule has 0 bridgehead atoms. The van der Waals surface area contributed by atoms with E-state index in [1.807, 2.05) is 35.7 Å². The Kier molecular flexibility index (Phi) is 5.15. The van der Waals surface area contributed by atoms with Gasteiger partial charge >= 0.3 is 0 Å². The molecule has 0 radical (unpaired) electrons. The first-order valence-corrected chi connectivity index (χ1v) is 9.58. The molecule has 0 aliphatic heterocycles. The van der Waals surface area contributed by atoms with Gasteiger partial charge in [0.05, 0.1) is 24.8 Å². The van der Waals surface area contributed by atoms with E-state index in [0.717, 1.165) is 17.0 Å². The molecule has 1 N–H and O–H groups in total. The first-order chi connectivity index (χ1) is 12.4. The van der Waals surface area contributed by atoms with E-state index in [2.05, 4.69) is 9.71 Å². The summed E-state index contributed by atoms with van der Waals surface area (Å²) in [6.45, 7) is 2.25. The number of aryl methyl sites for hydroxylation is 1. The predicted molar refractivity (Wildman–Crippen MR) is 98.4 cm³/mol. The summed E-state index contributed by atoms with van der Waals surface area (Å²) in [5.74, 6) is 0.845. The predicted octanol–water partition coefficient (Wildman–Crippen LogP) is 2.18. The highest BCUT2D eigenvalue weighted by Crippen LogP contribution is 2.29. The fourth-order valence-electron chi connectivity index (χ4n) is 2.70. The lowest BCUT2D eigenvalue weighted by molar-refractivity contribution is 0.354. The molecule has 0 amide bonds. The molecule has 7 nitrogen and oxygen atoms in total. The lowest BCUT2D eigenvalue weighted by atomic mass is 10.3. The number of benzene rings is 1. The summed E-state index contributed by atoms with van der Waals surface area (Å²) in [5.41, 5.74) is 2.75. The Morgan fingerprint density at radius 2 is 1.88 bits per heavy atom. The van der Waals surface area contributed by atoms with Crippen LogP contribution in [0.2, 0.25) is 0 Å². The molecule has 2 aromatic heterocycles. The molecule has 26 heavy (non-hydrogen) atoms. The highest BCUT2D eigenvalue weighted by molar-refractivity contribution is 7.89. The molecule has 3 rings (SSSR count). The van der Waals surface area contributed by atoms with Crippen LogP contribution in [-0.2, 0) is 16.4 Å². The highest BCUT2D eigenvalue weighted by atomic mass is 32.2. The molecule has 3 aromatic rings. The molecule has 0 aliphatic carbocycles. The second-order valence-corrected chi connectivity index (χ2v) is 7.56. The summed E-state index contributed by atoms with van der Waals surface area (Å²) in [4.78, 5) is 4.63. The van der Waals surface area contributed by atoms with Gasteiger partial charge in [0.25, 0.3) is 0 Å². The molecule has 1 aromatic carbocycles. The summed E-state index contributed by atoms with van der Waals surface area (Å²) < 4.78 is 39.8. The summed E-state index contributed by atoms with van der Waals surface area (Å²) in [5, 5.41) is 0. The second kappa shape index (κ2) is 7.35. The van der Waals surface area contributed by atoms with Gasteiger partial charge in [-0.3, -0.25) is 0 Å². The zero-order chi connectivity index (χ0) is 18.7. The third-order valence-electron chi connectivity index (χ3n) is 4.08. The minimum atomic E-state index is -3.65. The maximum absolute atomic E-state index is 12.5. The fraction of sp³-hybridized carbons (Fsp3) is 0.278. The zero-order valence-corrected chi connectivity index (χ0v) is 15.7. The minimum Gasteiger partial charge on any atom is -0.493 e. The Bertz CT molecular complexity index is 1030. The van der Waals surface area contributed by atoms with Crippen LogP contribution in [0.4, 0.5) is 0 Å². The molecule has 0 spiro atoms. The fourth-order valence-corrected chi connectivity index (χ4v) is 3.75. The smallest absolute Gasteiger partial charge is 0.240 e. The molecule has 0 saturated carbocycles. The lowest BCUT2D eigenvalue weighted by Gasteiger charge is -2.10. The van der Waals surface area contributed by atoms with E-state index < -0.39 is 10.0 Å². The number of methoxy groups -OCH3 is 2.